The fourth-order valence-electron chi connectivity index (χ4n) is 1.86. The van der Waals surface area contributed by atoms with Crippen LogP contribution in [0, 0.1) is 5.82 Å². The number of halogens is 1. The summed E-state index contributed by atoms with van der Waals surface area (Å²) >= 11 is 0. The molecule has 0 aliphatic heterocycles. The zero-order chi connectivity index (χ0) is 15.3. The molecular weight excluding hydrogens is 283 g/mol. The van der Waals surface area contributed by atoms with Gasteiger partial charge in [0.2, 0.25) is 10.0 Å². The topological polar surface area (TPSA) is 81.4 Å². The first-order valence-electron chi connectivity index (χ1n) is 6.47. The lowest BCUT2D eigenvalue weighted by molar-refractivity contribution is 0.388. The summed E-state index contributed by atoms with van der Waals surface area (Å²) in [7, 11) is -2.51. The standard InChI is InChI=1S/C13H21FN2O3S/c1-4-5-6-9(2)16-20(17,18)10-7-11(14)13(19-3)12(15)8-10/h7-9,16H,4-6,15H2,1-3H3. The van der Waals surface area contributed by atoms with Crippen LogP contribution >= 0.6 is 0 Å². The third-order valence-electron chi connectivity index (χ3n) is 2.91. The van der Waals surface area contributed by atoms with E-state index in [2.05, 4.69) is 4.72 Å². The monoisotopic (exact) mass is 304 g/mol. The predicted molar refractivity (Wildman–Crippen MR) is 76.7 cm³/mol. The maximum absolute atomic E-state index is 13.7. The Morgan fingerprint density at radius 1 is 1.45 bits per heavy atom. The van der Waals surface area contributed by atoms with E-state index in [1.807, 2.05) is 6.92 Å². The van der Waals surface area contributed by atoms with Gasteiger partial charge in [-0.05, 0) is 25.5 Å². The van der Waals surface area contributed by atoms with Crippen molar-refractivity contribution in [2.45, 2.75) is 44.0 Å². The van der Waals surface area contributed by atoms with Crippen LogP contribution in [0.2, 0.25) is 0 Å². The summed E-state index contributed by atoms with van der Waals surface area (Å²) in [5.74, 6) is -0.947. The fourth-order valence-corrected chi connectivity index (χ4v) is 3.19. The van der Waals surface area contributed by atoms with Gasteiger partial charge < -0.3 is 10.5 Å². The largest absolute Gasteiger partial charge is 0.492 e. The van der Waals surface area contributed by atoms with Crippen LogP contribution < -0.4 is 15.2 Å². The third-order valence-corrected chi connectivity index (χ3v) is 4.48. The van der Waals surface area contributed by atoms with Crippen LogP contribution in [0.3, 0.4) is 0 Å². The van der Waals surface area contributed by atoms with Gasteiger partial charge in [0.1, 0.15) is 0 Å². The average molecular weight is 304 g/mol. The smallest absolute Gasteiger partial charge is 0.240 e. The van der Waals surface area contributed by atoms with Crippen LogP contribution in [0.1, 0.15) is 33.1 Å². The van der Waals surface area contributed by atoms with E-state index in [4.69, 9.17) is 10.5 Å². The predicted octanol–water partition coefficient (Wildman–Crippen LogP) is 2.27. The molecular formula is C13H21FN2O3S. The summed E-state index contributed by atoms with van der Waals surface area (Å²) in [5, 5.41) is 0. The first-order chi connectivity index (χ1) is 9.31. The number of unbranched alkanes of at least 4 members (excludes halogenated alkanes) is 1. The van der Waals surface area contributed by atoms with E-state index in [9.17, 15) is 12.8 Å². The Morgan fingerprint density at radius 3 is 2.60 bits per heavy atom. The second-order valence-corrected chi connectivity index (χ2v) is 6.41. The second kappa shape index (κ2) is 6.90. The van der Waals surface area contributed by atoms with Gasteiger partial charge in [-0.2, -0.15) is 0 Å². The van der Waals surface area contributed by atoms with Crippen LogP contribution in [0.5, 0.6) is 5.75 Å². The highest BCUT2D eigenvalue weighted by atomic mass is 32.2. The van der Waals surface area contributed by atoms with E-state index in [1.54, 1.807) is 6.92 Å². The number of methoxy groups -OCH3 is 1. The van der Waals surface area contributed by atoms with E-state index < -0.39 is 15.8 Å². The molecule has 0 saturated heterocycles. The number of benzene rings is 1. The number of hydrogen-bond donors (Lipinski definition) is 2. The zero-order valence-electron chi connectivity index (χ0n) is 11.9. The van der Waals surface area contributed by atoms with E-state index in [1.165, 1.54) is 13.2 Å². The van der Waals surface area contributed by atoms with Gasteiger partial charge in [-0.3, -0.25) is 0 Å². The molecule has 1 unspecified atom stereocenters. The number of hydrogen-bond acceptors (Lipinski definition) is 4. The van der Waals surface area contributed by atoms with Gasteiger partial charge in [0.05, 0.1) is 17.7 Å². The minimum absolute atomic E-state index is 0.0471. The molecule has 3 N–H and O–H groups in total. The maximum Gasteiger partial charge on any atom is 0.240 e. The molecule has 1 atom stereocenters. The van der Waals surface area contributed by atoms with E-state index >= 15 is 0 Å². The summed E-state index contributed by atoms with van der Waals surface area (Å²) in [5.41, 5.74) is 5.54. The fraction of sp³-hybridized carbons (Fsp3) is 0.538. The number of anilines is 1. The normalized spacial score (nSPS) is 13.2. The molecule has 0 fully saturated rings. The number of nitrogens with one attached hydrogen (secondary N) is 1. The molecule has 0 amide bonds. The third kappa shape index (κ3) is 4.08. The van der Waals surface area contributed by atoms with Gasteiger partial charge in [-0.15, -0.1) is 0 Å². The lowest BCUT2D eigenvalue weighted by Gasteiger charge is -2.15. The molecule has 0 aliphatic rings. The van der Waals surface area contributed by atoms with Crippen LogP contribution in [0.4, 0.5) is 10.1 Å². The van der Waals surface area contributed by atoms with Crippen LogP contribution in [0.15, 0.2) is 17.0 Å². The molecule has 0 heterocycles. The molecule has 1 aromatic rings. The van der Waals surface area contributed by atoms with E-state index in [-0.39, 0.29) is 22.4 Å². The van der Waals surface area contributed by atoms with Crippen molar-refractivity contribution in [1.82, 2.24) is 4.72 Å². The van der Waals surface area contributed by atoms with Gasteiger partial charge in [0, 0.05) is 6.04 Å². The highest BCUT2D eigenvalue weighted by Crippen LogP contribution is 2.28. The Morgan fingerprint density at radius 2 is 2.10 bits per heavy atom. The van der Waals surface area contributed by atoms with Crippen molar-refractivity contribution < 1.29 is 17.5 Å². The van der Waals surface area contributed by atoms with Gasteiger partial charge >= 0.3 is 0 Å². The Hall–Kier alpha value is -1.34. The molecule has 0 bridgehead atoms. The van der Waals surface area contributed by atoms with Crippen molar-refractivity contribution >= 4 is 15.7 Å². The van der Waals surface area contributed by atoms with Crippen molar-refractivity contribution in [1.29, 1.82) is 0 Å². The zero-order valence-corrected chi connectivity index (χ0v) is 12.8. The first kappa shape index (κ1) is 16.7. The van der Waals surface area contributed by atoms with Gasteiger partial charge in [-0.1, -0.05) is 19.8 Å². The van der Waals surface area contributed by atoms with Crippen molar-refractivity contribution in [3.8, 4) is 5.75 Å². The number of ether oxygens (including phenoxy) is 1. The maximum atomic E-state index is 13.7. The van der Waals surface area contributed by atoms with Gasteiger partial charge in [0.15, 0.2) is 11.6 Å². The summed E-state index contributed by atoms with van der Waals surface area (Å²) in [4.78, 5) is -0.198. The first-order valence-corrected chi connectivity index (χ1v) is 7.95. The van der Waals surface area contributed by atoms with Gasteiger partial charge in [0.25, 0.3) is 0 Å². The van der Waals surface area contributed by atoms with Crippen molar-refractivity contribution in [2.24, 2.45) is 0 Å². The quantitative estimate of drug-likeness (QED) is 0.757. The molecule has 7 heteroatoms. The Kier molecular flexibility index (Phi) is 5.76. The Balaban J connectivity index is 2.99. The molecule has 0 spiro atoms. The lowest BCUT2D eigenvalue weighted by Crippen LogP contribution is -2.32. The summed E-state index contributed by atoms with van der Waals surface area (Å²) in [6.45, 7) is 3.80. The number of nitrogen functional groups attached to an aromatic ring is 1. The molecule has 1 aromatic carbocycles. The highest BCUT2D eigenvalue weighted by Gasteiger charge is 2.21. The van der Waals surface area contributed by atoms with Crippen LogP contribution in [-0.4, -0.2) is 21.6 Å². The average Bonchev–Trinajstić information content (AvgIpc) is 2.35. The van der Waals surface area contributed by atoms with Crippen LogP contribution in [-0.2, 0) is 10.0 Å². The highest BCUT2D eigenvalue weighted by molar-refractivity contribution is 7.89. The van der Waals surface area contributed by atoms with Crippen molar-refractivity contribution in [3.05, 3.63) is 17.9 Å². The molecule has 20 heavy (non-hydrogen) atoms. The van der Waals surface area contributed by atoms with Crippen LogP contribution in [0.25, 0.3) is 0 Å². The van der Waals surface area contributed by atoms with Gasteiger partial charge in [-0.25, -0.2) is 17.5 Å². The molecule has 0 aliphatic carbocycles. The molecule has 0 radical (unpaired) electrons. The number of sulfonamides is 1. The van der Waals surface area contributed by atoms with Crippen molar-refractivity contribution in [2.75, 3.05) is 12.8 Å². The lowest BCUT2D eigenvalue weighted by atomic mass is 10.2. The van der Waals surface area contributed by atoms with Crippen molar-refractivity contribution in [3.63, 3.8) is 0 Å². The molecule has 1 rings (SSSR count). The summed E-state index contributed by atoms with van der Waals surface area (Å²) < 4.78 is 45.2. The number of rotatable bonds is 7. The molecule has 0 saturated carbocycles. The minimum atomic E-state index is -3.79. The Bertz CT molecular complexity index is 538. The molecule has 0 aromatic heterocycles. The second-order valence-electron chi connectivity index (χ2n) is 4.69. The summed E-state index contributed by atoms with van der Waals surface area (Å²) in [6.07, 6.45) is 2.63. The molecule has 5 nitrogen and oxygen atoms in total. The SMILES string of the molecule is CCCCC(C)NS(=O)(=O)c1cc(N)c(OC)c(F)c1. The molecule has 114 valence electrons. The van der Waals surface area contributed by atoms with E-state index in [0.29, 0.717) is 0 Å². The minimum Gasteiger partial charge on any atom is -0.492 e. The summed E-state index contributed by atoms with van der Waals surface area (Å²) in [6, 6.07) is 1.88. The van der Waals surface area contributed by atoms with E-state index in [0.717, 1.165) is 25.3 Å². The Labute approximate surface area is 119 Å². The number of nitrogens with two attached hydrogens (primary N) is 1.